The molecule has 0 aliphatic carbocycles. The Bertz CT molecular complexity index is 470. The summed E-state index contributed by atoms with van der Waals surface area (Å²) >= 11 is 0. The molecule has 0 bridgehead atoms. The summed E-state index contributed by atoms with van der Waals surface area (Å²) in [5.74, 6) is 0. The number of rotatable bonds is 1. The van der Waals surface area contributed by atoms with Gasteiger partial charge in [-0.3, -0.25) is 4.98 Å². The normalized spacial score (nSPS) is 11.4. The third-order valence-electron chi connectivity index (χ3n) is 2.59. The van der Waals surface area contributed by atoms with Crippen LogP contribution in [0.5, 0.6) is 0 Å². The van der Waals surface area contributed by atoms with Crippen molar-refractivity contribution in [3.05, 3.63) is 49.1 Å². The third-order valence-corrected chi connectivity index (χ3v) is 2.59. The van der Waals surface area contributed by atoms with Gasteiger partial charge >= 0.3 is 0 Å². The van der Waals surface area contributed by atoms with Crippen molar-refractivity contribution in [1.29, 1.82) is 0 Å². The maximum absolute atomic E-state index is 4.04. The Balaban J connectivity index is 2.45. The molecule has 2 rings (SSSR count). The average molecular weight is 213 g/mol. The van der Waals surface area contributed by atoms with Gasteiger partial charge in [0.05, 0.1) is 0 Å². The molecule has 0 aliphatic rings. The predicted octanol–water partition coefficient (Wildman–Crippen LogP) is 2.79. The van der Waals surface area contributed by atoms with E-state index in [-0.39, 0.29) is 5.54 Å². The molecule has 2 aromatic rings. The molecular weight excluding hydrogens is 196 g/mol. The molecule has 0 saturated carbocycles. The molecule has 0 aliphatic heterocycles. The van der Waals surface area contributed by atoms with Gasteiger partial charge in [0.25, 0.3) is 0 Å². The van der Waals surface area contributed by atoms with Crippen molar-refractivity contribution in [3.63, 3.8) is 0 Å². The zero-order chi connectivity index (χ0) is 11.6. The lowest BCUT2D eigenvalue weighted by Crippen LogP contribution is -2.49. The van der Waals surface area contributed by atoms with Crippen LogP contribution in [0.15, 0.2) is 49.1 Å². The molecule has 0 saturated heterocycles. The molecule has 2 nitrogen and oxygen atoms in total. The lowest BCUT2D eigenvalue weighted by molar-refractivity contribution is -0.753. The second-order valence-electron chi connectivity index (χ2n) is 4.91. The molecule has 0 radical (unpaired) electrons. The molecule has 16 heavy (non-hydrogen) atoms. The Morgan fingerprint density at radius 3 is 2.31 bits per heavy atom. The molecule has 2 heteroatoms. The summed E-state index contributed by atoms with van der Waals surface area (Å²) < 4.78 is 2.22. The molecule has 0 spiro atoms. The number of pyridine rings is 2. The number of nitrogens with zero attached hydrogens (tertiary/aromatic N) is 2. The van der Waals surface area contributed by atoms with E-state index in [0.29, 0.717) is 0 Å². The van der Waals surface area contributed by atoms with Crippen LogP contribution in [0.25, 0.3) is 11.1 Å². The first-order valence-electron chi connectivity index (χ1n) is 5.49. The van der Waals surface area contributed by atoms with Crippen molar-refractivity contribution < 1.29 is 4.57 Å². The number of aromatic nitrogens is 2. The maximum Gasteiger partial charge on any atom is 0.177 e. The summed E-state index contributed by atoms with van der Waals surface area (Å²) in [5.41, 5.74) is 2.54. The van der Waals surface area contributed by atoms with Gasteiger partial charge in [0, 0.05) is 44.8 Å². The Morgan fingerprint density at radius 1 is 1.00 bits per heavy atom. The summed E-state index contributed by atoms with van der Waals surface area (Å²) in [7, 11) is 0. The predicted molar refractivity (Wildman–Crippen MR) is 64.9 cm³/mol. The summed E-state index contributed by atoms with van der Waals surface area (Å²) in [5, 5.41) is 0. The zero-order valence-electron chi connectivity index (χ0n) is 10.0. The highest BCUT2D eigenvalue weighted by Gasteiger charge is 2.21. The van der Waals surface area contributed by atoms with Crippen molar-refractivity contribution in [3.8, 4) is 11.1 Å². The average Bonchev–Trinajstić information content (AvgIpc) is 2.29. The van der Waals surface area contributed by atoms with Crippen molar-refractivity contribution in [2.45, 2.75) is 26.3 Å². The monoisotopic (exact) mass is 213 g/mol. The van der Waals surface area contributed by atoms with Gasteiger partial charge in [-0.05, 0) is 23.8 Å². The Kier molecular flexibility index (Phi) is 2.73. The first kappa shape index (κ1) is 10.8. The molecule has 2 aromatic heterocycles. The van der Waals surface area contributed by atoms with Gasteiger partial charge in [0.2, 0.25) is 0 Å². The van der Waals surface area contributed by atoms with E-state index in [1.807, 2.05) is 24.5 Å². The molecule has 82 valence electrons. The van der Waals surface area contributed by atoms with E-state index in [9.17, 15) is 0 Å². The lowest BCUT2D eigenvalue weighted by atomic mass is 10.1. The van der Waals surface area contributed by atoms with E-state index in [1.165, 1.54) is 11.1 Å². The first-order chi connectivity index (χ1) is 7.57. The number of hydrogen-bond acceptors (Lipinski definition) is 1. The van der Waals surface area contributed by atoms with Crippen LogP contribution in [0.2, 0.25) is 0 Å². The molecule has 0 N–H and O–H groups in total. The van der Waals surface area contributed by atoms with Crippen LogP contribution in [0.1, 0.15) is 20.8 Å². The standard InChI is InChI=1S/C14H17N2/c1-14(2,3)16-10-4-5-13(11-16)12-6-8-15-9-7-12/h4-11H,1-3H3/q+1. The van der Waals surface area contributed by atoms with Gasteiger partial charge in [-0.15, -0.1) is 0 Å². The SMILES string of the molecule is CC(C)(C)[n+]1cccc(-c2ccncc2)c1. The van der Waals surface area contributed by atoms with Gasteiger partial charge < -0.3 is 0 Å². The molecule has 0 amide bonds. The Hall–Kier alpha value is -1.70. The fraction of sp³-hybridized carbons (Fsp3) is 0.286. The van der Waals surface area contributed by atoms with Crippen LogP contribution in [-0.4, -0.2) is 4.98 Å². The third kappa shape index (κ3) is 2.27. The first-order valence-corrected chi connectivity index (χ1v) is 5.49. The fourth-order valence-corrected chi connectivity index (χ4v) is 1.61. The van der Waals surface area contributed by atoms with E-state index in [1.54, 1.807) is 0 Å². The molecule has 0 unspecified atom stereocenters. The Labute approximate surface area is 96.6 Å². The van der Waals surface area contributed by atoms with E-state index >= 15 is 0 Å². The summed E-state index contributed by atoms with van der Waals surface area (Å²) in [4.78, 5) is 4.04. The molecule has 0 aromatic carbocycles. The highest BCUT2D eigenvalue weighted by molar-refractivity contribution is 5.60. The lowest BCUT2D eigenvalue weighted by Gasteiger charge is -2.13. The van der Waals surface area contributed by atoms with E-state index in [4.69, 9.17) is 0 Å². The highest BCUT2D eigenvalue weighted by Crippen LogP contribution is 2.16. The fourth-order valence-electron chi connectivity index (χ4n) is 1.61. The zero-order valence-corrected chi connectivity index (χ0v) is 10.0. The summed E-state index contributed by atoms with van der Waals surface area (Å²) in [6.45, 7) is 6.59. The maximum atomic E-state index is 4.04. The summed E-state index contributed by atoms with van der Waals surface area (Å²) in [6.07, 6.45) is 7.92. The van der Waals surface area contributed by atoms with Crippen LogP contribution in [0.3, 0.4) is 0 Å². The minimum atomic E-state index is 0.114. The van der Waals surface area contributed by atoms with Gasteiger partial charge in [-0.25, -0.2) is 4.57 Å². The summed E-state index contributed by atoms with van der Waals surface area (Å²) in [6, 6.07) is 8.27. The van der Waals surface area contributed by atoms with Gasteiger partial charge in [-0.2, -0.15) is 0 Å². The van der Waals surface area contributed by atoms with E-state index in [0.717, 1.165) is 0 Å². The van der Waals surface area contributed by atoms with Gasteiger partial charge in [0.1, 0.15) is 0 Å². The van der Waals surface area contributed by atoms with Crippen molar-refractivity contribution in [2.75, 3.05) is 0 Å². The second kappa shape index (κ2) is 4.05. The van der Waals surface area contributed by atoms with Gasteiger partial charge in [0.15, 0.2) is 17.9 Å². The highest BCUT2D eigenvalue weighted by atomic mass is 15.0. The van der Waals surface area contributed by atoms with Crippen LogP contribution in [-0.2, 0) is 5.54 Å². The largest absolute Gasteiger partial charge is 0.265 e. The minimum absolute atomic E-state index is 0.114. The van der Waals surface area contributed by atoms with Gasteiger partial charge in [-0.1, -0.05) is 0 Å². The van der Waals surface area contributed by atoms with Crippen LogP contribution >= 0.6 is 0 Å². The minimum Gasteiger partial charge on any atom is -0.265 e. The quantitative estimate of drug-likeness (QED) is 0.666. The van der Waals surface area contributed by atoms with Crippen molar-refractivity contribution in [2.24, 2.45) is 0 Å². The van der Waals surface area contributed by atoms with Crippen LogP contribution in [0, 0.1) is 0 Å². The molecule has 0 atom stereocenters. The van der Waals surface area contributed by atoms with Crippen LogP contribution in [0.4, 0.5) is 0 Å². The second-order valence-corrected chi connectivity index (χ2v) is 4.91. The molecule has 0 fully saturated rings. The Morgan fingerprint density at radius 2 is 1.69 bits per heavy atom. The molecule has 2 heterocycles. The number of hydrogen-bond donors (Lipinski definition) is 0. The van der Waals surface area contributed by atoms with Crippen molar-refractivity contribution >= 4 is 0 Å². The van der Waals surface area contributed by atoms with Crippen LogP contribution < -0.4 is 4.57 Å². The van der Waals surface area contributed by atoms with Crippen molar-refractivity contribution in [1.82, 2.24) is 4.98 Å². The molecular formula is C14H17N2+. The smallest absolute Gasteiger partial charge is 0.177 e. The topological polar surface area (TPSA) is 16.8 Å². The van der Waals surface area contributed by atoms with E-state index < -0.39 is 0 Å². The van der Waals surface area contributed by atoms with E-state index in [2.05, 4.69) is 54.8 Å².